The van der Waals surface area contributed by atoms with Crippen molar-refractivity contribution in [1.29, 1.82) is 0 Å². The molecule has 0 saturated heterocycles. The lowest BCUT2D eigenvalue weighted by Gasteiger charge is -2.19. The maximum atomic E-state index is 13.6. The van der Waals surface area contributed by atoms with Gasteiger partial charge in [0.1, 0.15) is 24.9 Å². The Labute approximate surface area is 156 Å². The Morgan fingerprint density at radius 1 is 1.22 bits per heavy atom. The minimum absolute atomic E-state index is 0.0952. The predicted molar refractivity (Wildman–Crippen MR) is 97.5 cm³/mol. The van der Waals surface area contributed by atoms with Gasteiger partial charge in [-0.1, -0.05) is 18.2 Å². The van der Waals surface area contributed by atoms with Crippen molar-refractivity contribution < 1.29 is 23.7 Å². The van der Waals surface area contributed by atoms with E-state index in [2.05, 4.69) is 4.98 Å². The minimum atomic E-state index is -0.749. The van der Waals surface area contributed by atoms with Gasteiger partial charge in [-0.3, -0.25) is 0 Å². The Kier molecular flexibility index (Phi) is 4.96. The largest absolute Gasteiger partial charge is 0.486 e. The summed E-state index contributed by atoms with van der Waals surface area (Å²) in [6.07, 6.45) is -0.749. The lowest BCUT2D eigenvalue weighted by molar-refractivity contribution is 0.0197. The molecule has 2 aromatic carbocycles. The molecule has 1 aliphatic rings. The van der Waals surface area contributed by atoms with Crippen molar-refractivity contribution in [3.8, 4) is 11.5 Å². The summed E-state index contributed by atoms with van der Waals surface area (Å²) >= 11 is 0. The van der Waals surface area contributed by atoms with Crippen molar-refractivity contribution in [3.05, 3.63) is 53.6 Å². The fourth-order valence-electron chi connectivity index (χ4n) is 3.20. The SMILES string of the molecule is Cc1nc2cc3c(cc2n1CC(O)COCc1ccccc1F)OCCO3. The quantitative estimate of drug-likeness (QED) is 0.721. The van der Waals surface area contributed by atoms with E-state index < -0.39 is 6.10 Å². The first-order valence-electron chi connectivity index (χ1n) is 8.87. The number of aryl methyl sites for hydroxylation is 1. The van der Waals surface area contributed by atoms with Crippen LogP contribution in [0.15, 0.2) is 36.4 Å². The number of ether oxygens (including phenoxy) is 3. The summed E-state index contributed by atoms with van der Waals surface area (Å²) in [4.78, 5) is 4.54. The van der Waals surface area contributed by atoms with Crippen molar-refractivity contribution in [2.45, 2.75) is 26.2 Å². The second-order valence-corrected chi connectivity index (χ2v) is 6.51. The summed E-state index contributed by atoms with van der Waals surface area (Å²) in [5.41, 5.74) is 2.12. The van der Waals surface area contributed by atoms with Gasteiger partial charge in [0.2, 0.25) is 0 Å². The summed E-state index contributed by atoms with van der Waals surface area (Å²) in [7, 11) is 0. The van der Waals surface area contributed by atoms with Crippen LogP contribution in [-0.4, -0.2) is 40.6 Å². The summed E-state index contributed by atoms with van der Waals surface area (Å²) in [5.74, 6) is 1.84. The Morgan fingerprint density at radius 3 is 2.74 bits per heavy atom. The van der Waals surface area contributed by atoms with Crippen LogP contribution in [0.4, 0.5) is 4.39 Å². The lowest BCUT2D eigenvalue weighted by Crippen LogP contribution is -2.22. The minimum Gasteiger partial charge on any atom is -0.486 e. The highest BCUT2D eigenvalue weighted by Gasteiger charge is 2.18. The zero-order valence-electron chi connectivity index (χ0n) is 15.0. The van der Waals surface area contributed by atoms with E-state index in [1.165, 1.54) is 6.07 Å². The molecule has 0 spiro atoms. The lowest BCUT2D eigenvalue weighted by atomic mass is 10.2. The van der Waals surface area contributed by atoms with Gasteiger partial charge < -0.3 is 23.9 Å². The van der Waals surface area contributed by atoms with E-state index in [9.17, 15) is 9.50 Å². The molecule has 6 nitrogen and oxygen atoms in total. The molecule has 3 aromatic rings. The summed E-state index contributed by atoms with van der Waals surface area (Å²) in [5, 5.41) is 10.4. The number of imidazole rings is 1. The van der Waals surface area contributed by atoms with Crippen LogP contribution in [0.1, 0.15) is 11.4 Å². The fourth-order valence-corrected chi connectivity index (χ4v) is 3.20. The molecular weight excluding hydrogens is 351 g/mol. The van der Waals surface area contributed by atoms with E-state index in [4.69, 9.17) is 14.2 Å². The Hall–Kier alpha value is -2.64. The fraction of sp³-hybridized carbons (Fsp3) is 0.350. The number of aliphatic hydroxyl groups is 1. The summed E-state index contributed by atoms with van der Waals surface area (Å²) in [6.45, 7) is 3.45. The van der Waals surface area contributed by atoms with E-state index in [0.717, 1.165) is 16.9 Å². The zero-order valence-corrected chi connectivity index (χ0v) is 15.0. The van der Waals surface area contributed by atoms with E-state index in [1.54, 1.807) is 18.2 Å². The smallest absolute Gasteiger partial charge is 0.163 e. The van der Waals surface area contributed by atoms with Gasteiger partial charge in [-0.25, -0.2) is 9.37 Å². The first-order valence-corrected chi connectivity index (χ1v) is 8.87. The molecule has 0 bridgehead atoms. The van der Waals surface area contributed by atoms with Crippen LogP contribution in [0.5, 0.6) is 11.5 Å². The number of nitrogens with zero attached hydrogens (tertiary/aromatic N) is 2. The average Bonchev–Trinajstić information content (AvgIpc) is 2.96. The standard InChI is InChI=1S/C20H21FN2O4/c1-13-22-17-8-19-20(27-7-6-26-19)9-18(17)23(13)10-15(24)12-25-11-14-4-2-3-5-16(14)21/h2-5,8-9,15,24H,6-7,10-12H2,1H3. The Balaban J connectivity index is 1.44. The van der Waals surface area contributed by atoms with E-state index in [0.29, 0.717) is 36.8 Å². The summed E-state index contributed by atoms with van der Waals surface area (Å²) < 4.78 is 32.2. The number of aliphatic hydroxyl groups excluding tert-OH is 1. The Bertz CT molecular complexity index is 957. The zero-order chi connectivity index (χ0) is 18.8. The highest BCUT2D eigenvalue weighted by molar-refractivity contribution is 5.80. The van der Waals surface area contributed by atoms with Crippen molar-refractivity contribution in [2.75, 3.05) is 19.8 Å². The Morgan fingerprint density at radius 2 is 1.96 bits per heavy atom. The normalized spacial score (nSPS) is 14.5. The van der Waals surface area contributed by atoms with Crippen LogP contribution in [0, 0.1) is 12.7 Å². The third kappa shape index (κ3) is 3.74. The number of halogens is 1. The number of hydrogen-bond acceptors (Lipinski definition) is 5. The van der Waals surface area contributed by atoms with Crippen molar-refractivity contribution in [2.24, 2.45) is 0 Å². The highest BCUT2D eigenvalue weighted by Crippen LogP contribution is 2.34. The average molecular weight is 372 g/mol. The third-order valence-corrected chi connectivity index (χ3v) is 4.52. The molecule has 0 amide bonds. The van der Waals surface area contributed by atoms with Gasteiger partial charge >= 0.3 is 0 Å². The van der Waals surface area contributed by atoms with Gasteiger partial charge in [0.05, 0.1) is 36.9 Å². The van der Waals surface area contributed by atoms with Crippen LogP contribution in [0.2, 0.25) is 0 Å². The molecule has 1 aliphatic heterocycles. The number of hydrogen-bond donors (Lipinski definition) is 1. The first kappa shape index (κ1) is 17.8. The third-order valence-electron chi connectivity index (χ3n) is 4.52. The van der Waals surface area contributed by atoms with Crippen molar-refractivity contribution in [1.82, 2.24) is 9.55 Å². The molecule has 0 fully saturated rings. The van der Waals surface area contributed by atoms with Gasteiger partial charge in [-0.05, 0) is 13.0 Å². The van der Waals surface area contributed by atoms with Gasteiger partial charge in [0.25, 0.3) is 0 Å². The molecule has 142 valence electrons. The van der Waals surface area contributed by atoms with Crippen LogP contribution in [0.3, 0.4) is 0 Å². The number of aromatic nitrogens is 2. The number of fused-ring (bicyclic) bond motifs is 2. The molecule has 0 aliphatic carbocycles. The molecule has 1 N–H and O–H groups in total. The molecule has 2 heterocycles. The second kappa shape index (κ2) is 7.54. The van der Waals surface area contributed by atoms with E-state index >= 15 is 0 Å². The van der Waals surface area contributed by atoms with Crippen LogP contribution >= 0.6 is 0 Å². The van der Waals surface area contributed by atoms with Gasteiger partial charge in [0, 0.05) is 17.7 Å². The molecule has 0 saturated carbocycles. The molecule has 27 heavy (non-hydrogen) atoms. The topological polar surface area (TPSA) is 65.7 Å². The molecular formula is C20H21FN2O4. The molecule has 1 atom stereocenters. The van der Waals surface area contributed by atoms with E-state index in [1.807, 2.05) is 23.6 Å². The molecule has 1 aromatic heterocycles. The van der Waals surface area contributed by atoms with Crippen LogP contribution in [-0.2, 0) is 17.9 Å². The molecule has 1 unspecified atom stereocenters. The second-order valence-electron chi connectivity index (χ2n) is 6.51. The van der Waals surface area contributed by atoms with Crippen molar-refractivity contribution >= 4 is 11.0 Å². The first-order chi connectivity index (χ1) is 13.1. The molecule has 7 heteroatoms. The predicted octanol–water partition coefficient (Wildman–Crippen LogP) is 2.83. The van der Waals surface area contributed by atoms with Crippen molar-refractivity contribution in [3.63, 3.8) is 0 Å². The van der Waals surface area contributed by atoms with Gasteiger partial charge in [-0.2, -0.15) is 0 Å². The maximum absolute atomic E-state index is 13.6. The maximum Gasteiger partial charge on any atom is 0.163 e. The summed E-state index contributed by atoms with van der Waals surface area (Å²) in [6, 6.07) is 10.2. The monoisotopic (exact) mass is 372 g/mol. The van der Waals surface area contributed by atoms with E-state index in [-0.39, 0.29) is 19.0 Å². The number of benzene rings is 2. The van der Waals surface area contributed by atoms with Crippen LogP contribution < -0.4 is 9.47 Å². The van der Waals surface area contributed by atoms with Gasteiger partial charge in [-0.15, -0.1) is 0 Å². The van der Waals surface area contributed by atoms with Crippen LogP contribution in [0.25, 0.3) is 11.0 Å². The number of rotatable bonds is 6. The van der Waals surface area contributed by atoms with Gasteiger partial charge in [0.15, 0.2) is 11.5 Å². The highest BCUT2D eigenvalue weighted by atomic mass is 19.1. The molecule has 0 radical (unpaired) electrons. The molecule has 4 rings (SSSR count).